The summed E-state index contributed by atoms with van der Waals surface area (Å²) in [5, 5.41) is 0. The summed E-state index contributed by atoms with van der Waals surface area (Å²) in [6, 6.07) is 10.3. The average molecular weight is 190 g/mol. The van der Waals surface area contributed by atoms with E-state index in [2.05, 4.69) is 20.9 Å². The van der Waals surface area contributed by atoms with Gasteiger partial charge in [-0.2, -0.15) is 8.75 Å². The summed E-state index contributed by atoms with van der Waals surface area (Å²) in [5.74, 6) is 0. The number of nitrogens with zero attached hydrogens (tertiary/aromatic N) is 2. The van der Waals surface area contributed by atoms with Crippen molar-refractivity contribution in [2.24, 2.45) is 0 Å². The Labute approximate surface area is 81.6 Å². The van der Waals surface area contributed by atoms with Gasteiger partial charge in [-0.3, -0.25) is 0 Å². The highest BCUT2D eigenvalue weighted by atomic mass is 32.1. The molecule has 0 radical (unpaired) electrons. The van der Waals surface area contributed by atoms with Crippen LogP contribution in [0.15, 0.2) is 30.3 Å². The van der Waals surface area contributed by atoms with Gasteiger partial charge in [-0.1, -0.05) is 30.3 Å². The van der Waals surface area contributed by atoms with Gasteiger partial charge in [0.25, 0.3) is 0 Å². The first-order valence-corrected chi connectivity index (χ1v) is 4.91. The highest BCUT2D eigenvalue weighted by molar-refractivity contribution is 6.99. The molecular weight excluding hydrogens is 180 g/mol. The lowest BCUT2D eigenvalue weighted by molar-refractivity contribution is 1.08. The van der Waals surface area contributed by atoms with Crippen LogP contribution in [0.25, 0.3) is 0 Å². The lowest BCUT2D eigenvalue weighted by atomic mass is 10.1. The second-order valence-corrected chi connectivity index (χ2v) is 3.49. The standard InChI is InChI=1S/C10H10N2S/c1-8-10(12-13-11-8)7-9-5-3-2-4-6-9/h2-6H,7H2,1H3. The highest BCUT2D eigenvalue weighted by Gasteiger charge is 2.03. The minimum Gasteiger partial charge on any atom is -0.178 e. The van der Waals surface area contributed by atoms with Crippen LogP contribution in [0.5, 0.6) is 0 Å². The van der Waals surface area contributed by atoms with E-state index in [-0.39, 0.29) is 0 Å². The zero-order chi connectivity index (χ0) is 9.10. The first-order chi connectivity index (χ1) is 6.36. The van der Waals surface area contributed by atoms with Gasteiger partial charge in [0.15, 0.2) is 0 Å². The van der Waals surface area contributed by atoms with Gasteiger partial charge >= 0.3 is 0 Å². The smallest absolute Gasteiger partial charge is 0.0815 e. The fourth-order valence-electron chi connectivity index (χ4n) is 1.20. The molecule has 0 atom stereocenters. The van der Waals surface area contributed by atoms with Crippen molar-refractivity contribution in [2.45, 2.75) is 13.3 Å². The van der Waals surface area contributed by atoms with Crippen molar-refractivity contribution in [3.05, 3.63) is 47.3 Å². The van der Waals surface area contributed by atoms with E-state index in [9.17, 15) is 0 Å². The van der Waals surface area contributed by atoms with E-state index in [4.69, 9.17) is 0 Å². The Morgan fingerprint density at radius 2 is 1.92 bits per heavy atom. The molecule has 0 spiro atoms. The van der Waals surface area contributed by atoms with E-state index >= 15 is 0 Å². The number of aromatic nitrogens is 2. The minimum atomic E-state index is 0.892. The summed E-state index contributed by atoms with van der Waals surface area (Å²) in [4.78, 5) is 0. The first kappa shape index (κ1) is 8.38. The molecule has 3 heteroatoms. The van der Waals surface area contributed by atoms with Crippen molar-refractivity contribution in [1.82, 2.24) is 8.75 Å². The molecule has 0 N–H and O–H groups in total. The molecule has 0 aliphatic carbocycles. The van der Waals surface area contributed by atoms with Crippen LogP contribution in [0.2, 0.25) is 0 Å². The maximum Gasteiger partial charge on any atom is 0.0815 e. The topological polar surface area (TPSA) is 25.8 Å². The maximum absolute atomic E-state index is 4.24. The van der Waals surface area contributed by atoms with Crippen molar-refractivity contribution in [2.75, 3.05) is 0 Å². The number of aryl methyl sites for hydroxylation is 1. The Morgan fingerprint density at radius 3 is 2.54 bits per heavy atom. The number of hydrogen-bond acceptors (Lipinski definition) is 3. The van der Waals surface area contributed by atoms with Crippen molar-refractivity contribution < 1.29 is 0 Å². The predicted molar refractivity (Wildman–Crippen MR) is 53.9 cm³/mol. The van der Waals surface area contributed by atoms with E-state index in [0.29, 0.717) is 0 Å². The molecule has 0 aliphatic rings. The fraction of sp³-hybridized carbons (Fsp3) is 0.200. The third kappa shape index (κ3) is 1.92. The molecule has 2 rings (SSSR count). The molecule has 1 aromatic heterocycles. The Kier molecular flexibility index (Phi) is 2.36. The van der Waals surface area contributed by atoms with Crippen molar-refractivity contribution in [1.29, 1.82) is 0 Å². The van der Waals surface area contributed by atoms with Gasteiger partial charge in [0.05, 0.1) is 23.1 Å². The molecule has 1 aromatic carbocycles. The number of benzene rings is 1. The van der Waals surface area contributed by atoms with Crippen molar-refractivity contribution in [3.8, 4) is 0 Å². The maximum atomic E-state index is 4.24. The fourth-order valence-corrected chi connectivity index (χ4v) is 1.76. The van der Waals surface area contributed by atoms with Crippen LogP contribution < -0.4 is 0 Å². The zero-order valence-electron chi connectivity index (χ0n) is 7.40. The molecule has 1 heterocycles. The highest BCUT2D eigenvalue weighted by Crippen LogP contribution is 2.10. The Morgan fingerprint density at radius 1 is 1.15 bits per heavy atom. The molecule has 0 saturated carbocycles. The van der Waals surface area contributed by atoms with E-state index < -0.39 is 0 Å². The largest absolute Gasteiger partial charge is 0.178 e. The lowest BCUT2D eigenvalue weighted by Gasteiger charge is -1.97. The number of rotatable bonds is 2. The van der Waals surface area contributed by atoms with Gasteiger partial charge in [-0.15, -0.1) is 0 Å². The molecule has 0 aliphatic heterocycles. The molecular formula is C10H10N2S. The van der Waals surface area contributed by atoms with E-state index in [1.165, 1.54) is 17.3 Å². The summed E-state index contributed by atoms with van der Waals surface area (Å²) in [7, 11) is 0. The molecule has 0 unspecified atom stereocenters. The zero-order valence-corrected chi connectivity index (χ0v) is 8.21. The van der Waals surface area contributed by atoms with Gasteiger partial charge in [-0.25, -0.2) is 0 Å². The molecule has 0 saturated heterocycles. The van der Waals surface area contributed by atoms with Gasteiger partial charge in [0.1, 0.15) is 0 Å². The van der Waals surface area contributed by atoms with Crippen molar-refractivity contribution in [3.63, 3.8) is 0 Å². The van der Waals surface area contributed by atoms with Crippen LogP contribution in [0.4, 0.5) is 0 Å². The van der Waals surface area contributed by atoms with Crippen LogP contribution in [0, 0.1) is 6.92 Å². The summed E-state index contributed by atoms with van der Waals surface area (Å²) >= 11 is 1.29. The third-order valence-electron chi connectivity index (χ3n) is 1.96. The Balaban J connectivity index is 2.20. The van der Waals surface area contributed by atoms with Gasteiger partial charge in [0, 0.05) is 6.42 Å². The summed E-state index contributed by atoms with van der Waals surface area (Å²) < 4.78 is 8.38. The summed E-state index contributed by atoms with van der Waals surface area (Å²) in [6.07, 6.45) is 0.892. The average Bonchev–Trinajstić information content (AvgIpc) is 2.54. The van der Waals surface area contributed by atoms with Crippen LogP contribution in [0.1, 0.15) is 17.0 Å². The van der Waals surface area contributed by atoms with Gasteiger partial charge < -0.3 is 0 Å². The molecule has 0 fully saturated rings. The summed E-state index contributed by atoms with van der Waals surface area (Å²) in [6.45, 7) is 2.00. The van der Waals surface area contributed by atoms with Crippen LogP contribution >= 0.6 is 11.7 Å². The molecule has 13 heavy (non-hydrogen) atoms. The second kappa shape index (κ2) is 3.66. The van der Waals surface area contributed by atoms with E-state index in [0.717, 1.165) is 17.8 Å². The number of hydrogen-bond donors (Lipinski definition) is 0. The van der Waals surface area contributed by atoms with Crippen LogP contribution in [-0.4, -0.2) is 8.75 Å². The predicted octanol–water partition coefficient (Wildman–Crippen LogP) is 2.44. The normalized spacial score (nSPS) is 10.2. The molecule has 2 aromatic rings. The van der Waals surface area contributed by atoms with Crippen LogP contribution in [0.3, 0.4) is 0 Å². The molecule has 66 valence electrons. The second-order valence-electron chi connectivity index (χ2n) is 2.96. The lowest BCUT2D eigenvalue weighted by Crippen LogP contribution is -1.90. The SMILES string of the molecule is Cc1nsnc1Cc1ccccc1. The Hall–Kier alpha value is -1.22. The van der Waals surface area contributed by atoms with Crippen molar-refractivity contribution >= 4 is 11.7 Å². The van der Waals surface area contributed by atoms with Crippen LogP contribution in [-0.2, 0) is 6.42 Å². The third-order valence-corrected chi connectivity index (χ3v) is 2.62. The monoisotopic (exact) mass is 190 g/mol. The molecule has 0 amide bonds. The Bertz CT molecular complexity index is 381. The molecule has 0 bridgehead atoms. The van der Waals surface area contributed by atoms with Gasteiger partial charge in [0.2, 0.25) is 0 Å². The first-order valence-electron chi connectivity index (χ1n) is 4.18. The van der Waals surface area contributed by atoms with E-state index in [1.807, 2.05) is 25.1 Å². The summed E-state index contributed by atoms with van der Waals surface area (Å²) in [5.41, 5.74) is 3.43. The quantitative estimate of drug-likeness (QED) is 0.727. The van der Waals surface area contributed by atoms with E-state index in [1.54, 1.807) is 0 Å². The van der Waals surface area contributed by atoms with Gasteiger partial charge in [-0.05, 0) is 12.5 Å². The minimum absolute atomic E-state index is 0.892. The molecule has 2 nitrogen and oxygen atoms in total.